The number of nitrogens with zero attached hydrogens (tertiary/aromatic N) is 2. The largest absolute Gasteiger partial charge is 0.309 e. The number of nitrogens with one attached hydrogen (secondary N) is 1. The molecule has 0 saturated carbocycles. The Bertz CT molecular complexity index is 1140. The predicted octanol–water partition coefficient (Wildman–Crippen LogP) is 5.96. The molecule has 4 nitrogen and oxygen atoms in total. The normalized spacial score (nSPS) is 11.8. The van der Waals surface area contributed by atoms with E-state index in [1.807, 2.05) is 105 Å². The minimum atomic E-state index is -0.380. The Morgan fingerprint density at radius 3 is 2.23 bits per heavy atom. The van der Waals surface area contributed by atoms with Gasteiger partial charge in [-0.2, -0.15) is 5.10 Å². The highest BCUT2D eigenvalue weighted by molar-refractivity contribution is 8.00. The summed E-state index contributed by atoms with van der Waals surface area (Å²) in [5.74, 6) is 0.589. The summed E-state index contributed by atoms with van der Waals surface area (Å²) < 4.78 is 1.80. The molecule has 1 amide bonds. The summed E-state index contributed by atoms with van der Waals surface area (Å²) in [6.45, 7) is 3.97. The van der Waals surface area contributed by atoms with Gasteiger partial charge in [-0.1, -0.05) is 66.7 Å². The minimum absolute atomic E-state index is 0.0789. The second kappa shape index (κ2) is 9.01. The zero-order valence-corrected chi connectivity index (χ0v) is 17.8. The number of amides is 1. The van der Waals surface area contributed by atoms with Crippen LogP contribution in [-0.4, -0.2) is 15.7 Å². The van der Waals surface area contributed by atoms with E-state index in [0.717, 1.165) is 27.4 Å². The number of benzene rings is 3. The smallest absolute Gasteiger partial charge is 0.243 e. The van der Waals surface area contributed by atoms with Gasteiger partial charge in [-0.05, 0) is 43.2 Å². The third kappa shape index (κ3) is 4.47. The Morgan fingerprint density at radius 2 is 1.53 bits per heavy atom. The number of rotatable bonds is 6. The number of anilines is 1. The van der Waals surface area contributed by atoms with Gasteiger partial charge in [0.2, 0.25) is 5.91 Å². The lowest BCUT2D eigenvalue weighted by molar-refractivity contribution is -0.115. The molecule has 0 aliphatic heterocycles. The molecule has 4 rings (SSSR count). The number of para-hydroxylation sites is 1. The van der Waals surface area contributed by atoms with Gasteiger partial charge in [0, 0.05) is 11.0 Å². The monoisotopic (exact) mass is 413 g/mol. The van der Waals surface area contributed by atoms with Gasteiger partial charge < -0.3 is 5.32 Å². The Balaban J connectivity index is 1.66. The number of hydrogen-bond donors (Lipinski definition) is 1. The number of hydrogen-bond acceptors (Lipinski definition) is 3. The quantitative estimate of drug-likeness (QED) is 0.397. The second-order valence-electron chi connectivity index (χ2n) is 7.08. The van der Waals surface area contributed by atoms with Crippen LogP contribution in [0.1, 0.15) is 22.1 Å². The average molecular weight is 414 g/mol. The second-order valence-corrected chi connectivity index (χ2v) is 8.26. The van der Waals surface area contributed by atoms with Crippen molar-refractivity contribution in [1.29, 1.82) is 0 Å². The summed E-state index contributed by atoms with van der Waals surface area (Å²) in [5, 5.41) is 7.34. The van der Waals surface area contributed by atoms with E-state index >= 15 is 0 Å². The van der Waals surface area contributed by atoms with E-state index < -0.39 is 0 Å². The summed E-state index contributed by atoms with van der Waals surface area (Å²) >= 11 is 1.54. The first kappa shape index (κ1) is 20.0. The molecule has 3 aromatic carbocycles. The van der Waals surface area contributed by atoms with Crippen molar-refractivity contribution in [3.05, 3.63) is 108 Å². The van der Waals surface area contributed by atoms with E-state index in [-0.39, 0.29) is 11.2 Å². The van der Waals surface area contributed by atoms with Crippen molar-refractivity contribution in [3.63, 3.8) is 0 Å². The number of carbonyl (C=O) groups is 1. The van der Waals surface area contributed by atoms with Crippen LogP contribution >= 0.6 is 11.8 Å². The molecule has 1 atom stereocenters. The maximum atomic E-state index is 13.4. The Labute approximate surface area is 181 Å². The first-order chi connectivity index (χ1) is 14.6. The summed E-state index contributed by atoms with van der Waals surface area (Å²) in [5.41, 5.74) is 3.85. The first-order valence-corrected chi connectivity index (χ1v) is 10.7. The van der Waals surface area contributed by atoms with Gasteiger partial charge in [0.05, 0.1) is 11.4 Å². The number of thioether (sulfide) groups is 1. The Morgan fingerprint density at radius 1 is 0.900 bits per heavy atom. The fraction of sp³-hybridized carbons (Fsp3) is 0.120. The van der Waals surface area contributed by atoms with Crippen molar-refractivity contribution in [2.24, 2.45) is 0 Å². The van der Waals surface area contributed by atoms with Crippen LogP contribution in [0.2, 0.25) is 0 Å². The van der Waals surface area contributed by atoms with Crippen molar-refractivity contribution >= 4 is 23.5 Å². The van der Waals surface area contributed by atoms with Crippen LogP contribution in [0.3, 0.4) is 0 Å². The summed E-state index contributed by atoms with van der Waals surface area (Å²) in [7, 11) is 0. The minimum Gasteiger partial charge on any atom is -0.309 e. The third-order valence-corrected chi connectivity index (χ3v) is 6.03. The van der Waals surface area contributed by atoms with E-state index in [1.54, 1.807) is 4.68 Å². The highest BCUT2D eigenvalue weighted by Crippen LogP contribution is 2.36. The standard InChI is InChI=1S/C25H23N3OS/c1-18-11-9-10-16-22(18)28-23(17-19(2)27-28)26-25(29)24(20-12-5-3-6-13-20)30-21-14-7-4-8-15-21/h3-17,24H,1-2H3,(H,26,29)/t24-/m1/s1. The predicted molar refractivity (Wildman–Crippen MR) is 123 cm³/mol. The van der Waals surface area contributed by atoms with Gasteiger partial charge in [0.15, 0.2) is 0 Å². The van der Waals surface area contributed by atoms with Gasteiger partial charge in [0.25, 0.3) is 0 Å². The van der Waals surface area contributed by atoms with Crippen molar-refractivity contribution in [2.45, 2.75) is 24.0 Å². The SMILES string of the molecule is Cc1cc(NC(=O)[C@H](Sc2ccccc2)c2ccccc2)n(-c2ccccc2C)n1. The van der Waals surface area contributed by atoms with E-state index in [2.05, 4.69) is 10.4 Å². The molecule has 0 spiro atoms. The number of carbonyl (C=O) groups excluding carboxylic acids is 1. The number of aryl methyl sites for hydroxylation is 2. The van der Waals surface area contributed by atoms with Crippen molar-refractivity contribution in [1.82, 2.24) is 9.78 Å². The molecule has 1 heterocycles. The van der Waals surface area contributed by atoms with Crippen LogP contribution in [0.4, 0.5) is 5.82 Å². The van der Waals surface area contributed by atoms with Crippen LogP contribution in [0.15, 0.2) is 95.9 Å². The van der Waals surface area contributed by atoms with Crippen molar-refractivity contribution in [3.8, 4) is 5.69 Å². The van der Waals surface area contributed by atoms with Gasteiger partial charge in [0.1, 0.15) is 11.1 Å². The molecule has 4 aromatic rings. The van der Waals surface area contributed by atoms with Crippen LogP contribution in [0.5, 0.6) is 0 Å². The highest BCUT2D eigenvalue weighted by Gasteiger charge is 2.24. The molecular formula is C25H23N3OS. The molecule has 0 bridgehead atoms. The van der Waals surface area contributed by atoms with Gasteiger partial charge in [-0.3, -0.25) is 4.79 Å². The summed E-state index contributed by atoms with van der Waals surface area (Å²) in [6, 6.07) is 29.8. The molecule has 0 radical (unpaired) electrons. The van der Waals surface area contributed by atoms with E-state index in [1.165, 1.54) is 11.8 Å². The maximum absolute atomic E-state index is 13.4. The zero-order chi connectivity index (χ0) is 20.9. The average Bonchev–Trinajstić information content (AvgIpc) is 3.13. The molecule has 1 N–H and O–H groups in total. The zero-order valence-electron chi connectivity index (χ0n) is 16.9. The van der Waals surface area contributed by atoms with Gasteiger partial charge >= 0.3 is 0 Å². The molecule has 5 heteroatoms. The van der Waals surface area contributed by atoms with E-state index in [9.17, 15) is 4.79 Å². The first-order valence-electron chi connectivity index (χ1n) is 9.82. The molecule has 0 aliphatic rings. The highest BCUT2D eigenvalue weighted by atomic mass is 32.2. The maximum Gasteiger partial charge on any atom is 0.243 e. The molecule has 150 valence electrons. The fourth-order valence-electron chi connectivity index (χ4n) is 3.30. The molecule has 1 aromatic heterocycles. The topological polar surface area (TPSA) is 46.9 Å². The lowest BCUT2D eigenvalue weighted by Crippen LogP contribution is -2.21. The van der Waals surface area contributed by atoms with Gasteiger partial charge in [-0.25, -0.2) is 4.68 Å². The lowest BCUT2D eigenvalue weighted by Gasteiger charge is -2.18. The van der Waals surface area contributed by atoms with E-state index in [0.29, 0.717) is 5.82 Å². The van der Waals surface area contributed by atoms with Crippen LogP contribution < -0.4 is 5.32 Å². The van der Waals surface area contributed by atoms with Crippen LogP contribution in [-0.2, 0) is 4.79 Å². The molecule has 0 unspecified atom stereocenters. The molecule has 0 aliphatic carbocycles. The van der Waals surface area contributed by atoms with Crippen LogP contribution in [0.25, 0.3) is 5.69 Å². The Hall–Kier alpha value is -3.31. The van der Waals surface area contributed by atoms with Crippen molar-refractivity contribution in [2.75, 3.05) is 5.32 Å². The lowest BCUT2D eigenvalue weighted by atomic mass is 10.1. The van der Waals surface area contributed by atoms with Crippen molar-refractivity contribution < 1.29 is 4.79 Å². The fourth-order valence-corrected chi connectivity index (χ4v) is 4.35. The Kier molecular flexibility index (Phi) is 6.00. The summed E-state index contributed by atoms with van der Waals surface area (Å²) in [6.07, 6.45) is 0. The molecule has 30 heavy (non-hydrogen) atoms. The molecular weight excluding hydrogens is 390 g/mol. The van der Waals surface area contributed by atoms with Gasteiger partial charge in [-0.15, -0.1) is 11.8 Å². The molecule has 0 saturated heterocycles. The molecule has 0 fully saturated rings. The van der Waals surface area contributed by atoms with E-state index in [4.69, 9.17) is 0 Å². The van der Waals surface area contributed by atoms with Crippen LogP contribution in [0, 0.1) is 13.8 Å². The summed E-state index contributed by atoms with van der Waals surface area (Å²) in [4.78, 5) is 14.5. The number of aromatic nitrogens is 2. The third-order valence-electron chi connectivity index (χ3n) is 4.76.